The fraction of sp³-hybridized carbons (Fsp3) is 0.250. The highest BCUT2D eigenvalue weighted by Gasteiger charge is 2.18. The lowest BCUT2D eigenvalue weighted by Gasteiger charge is -2.11. The van der Waals surface area contributed by atoms with Crippen molar-refractivity contribution in [2.24, 2.45) is 7.05 Å². The summed E-state index contributed by atoms with van der Waals surface area (Å²) < 4.78 is 4.10. The second-order valence-corrected chi connectivity index (χ2v) is 7.78. The predicted molar refractivity (Wildman–Crippen MR) is 110 cm³/mol. The summed E-state index contributed by atoms with van der Waals surface area (Å²) >= 11 is 1.39. The molecule has 4 aromatic rings. The molecule has 27 heavy (non-hydrogen) atoms. The molecule has 0 radical (unpaired) electrons. The number of anilines is 1. The maximum atomic E-state index is 12.6. The zero-order valence-corrected chi connectivity index (χ0v) is 16.3. The number of para-hydroxylation sites is 1. The number of hydrogen-bond donors (Lipinski definition) is 1. The summed E-state index contributed by atoms with van der Waals surface area (Å²) in [5.74, 6) is -0.0541. The summed E-state index contributed by atoms with van der Waals surface area (Å²) in [5, 5.41) is 13.7. The molecule has 138 valence electrons. The third kappa shape index (κ3) is 3.19. The van der Waals surface area contributed by atoms with Crippen LogP contribution in [-0.4, -0.2) is 30.5 Å². The van der Waals surface area contributed by atoms with E-state index in [0.29, 0.717) is 0 Å². The second-order valence-electron chi connectivity index (χ2n) is 6.47. The molecule has 4 rings (SSSR count). The van der Waals surface area contributed by atoms with Crippen LogP contribution in [0.1, 0.15) is 13.8 Å². The van der Waals surface area contributed by atoms with Crippen molar-refractivity contribution >= 4 is 45.2 Å². The number of rotatable bonds is 5. The van der Waals surface area contributed by atoms with Crippen LogP contribution in [-0.2, 0) is 18.4 Å². The number of nitrogens with one attached hydrogen (secondary N) is 1. The van der Waals surface area contributed by atoms with Crippen molar-refractivity contribution in [2.45, 2.75) is 30.8 Å². The Kier molecular flexibility index (Phi) is 4.61. The molecular formula is C20H21N5OS. The highest BCUT2D eigenvalue weighted by atomic mass is 32.2. The van der Waals surface area contributed by atoms with E-state index in [1.807, 2.05) is 26.1 Å². The molecule has 2 heterocycles. The standard InChI is InChI=1S/C20H21N5OS/c1-4-25-17-8-6-5-7-15(17)16-11-14(9-10-18(16)25)22-19(26)13(2)27-20-23-21-12-24(20)3/h5-13H,4H2,1-3H3,(H,22,26)/t13-/m1/s1. The normalized spacial score (nSPS) is 12.6. The first-order chi connectivity index (χ1) is 13.1. The maximum absolute atomic E-state index is 12.6. The van der Waals surface area contributed by atoms with E-state index in [0.717, 1.165) is 22.8 Å². The summed E-state index contributed by atoms with van der Waals surface area (Å²) in [5.41, 5.74) is 3.19. The molecule has 0 saturated heterocycles. The van der Waals surface area contributed by atoms with Crippen LogP contribution in [0.4, 0.5) is 5.69 Å². The Hall–Kier alpha value is -2.80. The van der Waals surface area contributed by atoms with Crippen molar-refractivity contribution < 1.29 is 4.79 Å². The topological polar surface area (TPSA) is 64.7 Å². The van der Waals surface area contributed by atoms with Crippen LogP contribution in [0.2, 0.25) is 0 Å². The Balaban J connectivity index is 1.61. The third-order valence-electron chi connectivity index (χ3n) is 4.68. The van der Waals surface area contributed by atoms with Gasteiger partial charge in [0.15, 0.2) is 5.16 Å². The van der Waals surface area contributed by atoms with Crippen molar-refractivity contribution in [1.82, 2.24) is 19.3 Å². The summed E-state index contributed by atoms with van der Waals surface area (Å²) in [6.07, 6.45) is 1.63. The first-order valence-electron chi connectivity index (χ1n) is 8.91. The average molecular weight is 379 g/mol. The number of benzene rings is 2. The van der Waals surface area contributed by atoms with Crippen molar-refractivity contribution in [3.63, 3.8) is 0 Å². The summed E-state index contributed by atoms with van der Waals surface area (Å²) in [6, 6.07) is 14.5. The minimum Gasteiger partial charge on any atom is -0.341 e. The largest absolute Gasteiger partial charge is 0.341 e. The second kappa shape index (κ2) is 7.08. The lowest BCUT2D eigenvalue weighted by atomic mass is 10.1. The number of aromatic nitrogens is 4. The predicted octanol–water partition coefficient (Wildman–Crippen LogP) is 4.06. The maximum Gasteiger partial charge on any atom is 0.237 e. The number of carbonyl (C=O) groups excluding carboxylic acids is 1. The number of thioether (sulfide) groups is 1. The number of amides is 1. The van der Waals surface area contributed by atoms with Gasteiger partial charge in [-0.25, -0.2) is 0 Å². The highest BCUT2D eigenvalue weighted by molar-refractivity contribution is 8.00. The molecule has 0 aliphatic carbocycles. The Morgan fingerprint density at radius 2 is 1.96 bits per heavy atom. The van der Waals surface area contributed by atoms with Crippen LogP contribution in [0.15, 0.2) is 53.9 Å². The van der Waals surface area contributed by atoms with Gasteiger partial charge in [0.05, 0.1) is 5.25 Å². The van der Waals surface area contributed by atoms with Gasteiger partial charge in [0.2, 0.25) is 5.91 Å². The van der Waals surface area contributed by atoms with E-state index < -0.39 is 0 Å². The number of aryl methyl sites for hydroxylation is 2. The Labute approximate surface area is 161 Å². The SMILES string of the molecule is CCn1c2ccccc2c2cc(NC(=O)[C@@H](C)Sc3nncn3C)ccc21. The number of nitrogens with zero attached hydrogens (tertiary/aromatic N) is 4. The molecule has 0 saturated carbocycles. The molecule has 2 aromatic carbocycles. The van der Waals surface area contributed by atoms with E-state index in [2.05, 4.69) is 57.3 Å². The summed E-state index contributed by atoms with van der Waals surface area (Å²) in [7, 11) is 1.87. The third-order valence-corrected chi connectivity index (χ3v) is 5.83. The molecule has 1 amide bonds. The van der Waals surface area contributed by atoms with E-state index >= 15 is 0 Å². The average Bonchev–Trinajstić information content (AvgIpc) is 3.22. The number of fused-ring (bicyclic) bond motifs is 3. The van der Waals surface area contributed by atoms with Crippen molar-refractivity contribution in [3.05, 3.63) is 48.8 Å². The van der Waals surface area contributed by atoms with Gasteiger partial charge in [-0.1, -0.05) is 30.0 Å². The van der Waals surface area contributed by atoms with Crippen LogP contribution < -0.4 is 5.32 Å². The molecule has 0 unspecified atom stereocenters. The quantitative estimate of drug-likeness (QED) is 0.531. The molecule has 7 heteroatoms. The van der Waals surface area contributed by atoms with Crippen molar-refractivity contribution in [2.75, 3.05) is 5.32 Å². The highest BCUT2D eigenvalue weighted by Crippen LogP contribution is 2.31. The Morgan fingerprint density at radius 3 is 2.70 bits per heavy atom. The van der Waals surface area contributed by atoms with E-state index in [1.165, 1.54) is 28.2 Å². The lowest BCUT2D eigenvalue weighted by molar-refractivity contribution is -0.115. The fourth-order valence-corrected chi connectivity index (χ4v) is 4.10. The molecule has 2 aromatic heterocycles. The first kappa shape index (κ1) is 17.6. The number of carbonyl (C=O) groups is 1. The smallest absolute Gasteiger partial charge is 0.237 e. The van der Waals surface area contributed by atoms with Gasteiger partial charge < -0.3 is 14.5 Å². The van der Waals surface area contributed by atoms with Gasteiger partial charge in [-0.2, -0.15) is 0 Å². The van der Waals surface area contributed by atoms with Gasteiger partial charge in [0, 0.05) is 41.1 Å². The van der Waals surface area contributed by atoms with Crippen LogP contribution in [0.3, 0.4) is 0 Å². The van der Waals surface area contributed by atoms with Crippen LogP contribution >= 0.6 is 11.8 Å². The fourth-order valence-electron chi connectivity index (χ4n) is 3.31. The lowest BCUT2D eigenvalue weighted by Crippen LogP contribution is -2.22. The van der Waals surface area contributed by atoms with Gasteiger partial charge in [0.1, 0.15) is 6.33 Å². The van der Waals surface area contributed by atoms with Crippen molar-refractivity contribution in [1.29, 1.82) is 0 Å². The molecule has 1 atom stereocenters. The molecular weight excluding hydrogens is 358 g/mol. The molecule has 0 spiro atoms. The van der Waals surface area contributed by atoms with Gasteiger partial charge >= 0.3 is 0 Å². The van der Waals surface area contributed by atoms with Crippen LogP contribution in [0.5, 0.6) is 0 Å². The Bertz CT molecular complexity index is 1130. The van der Waals surface area contributed by atoms with Gasteiger partial charge in [0.25, 0.3) is 0 Å². The molecule has 6 nitrogen and oxygen atoms in total. The molecule has 0 fully saturated rings. The molecule has 1 N–H and O–H groups in total. The minimum atomic E-state index is -0.277. The summed E-state index contributed by atoms with van der Waals surface area (Å²) in [4.78, 5) is 12.6. The van der Waals surface area contributed by atoms with Gasteiger partial charge in [-0.15, -0.1) is 10.2 Å². The first-order valence-corrected chi connectivity index (χ1v) is 9.79. The Morgan fingerprint density at radius 1 is 1.19 bits per heavy atom. The van der Waals surface area contributed by atoms with Gasteiger partial charge in [-0.05, 0) is 38.1 Å². The minimum absolute atomic E-state index is 0.0541. The number of hydrogen-bond acceptors (Lipinski definition) is 4. The molecule has 0 bridgehead atoms. The monoisotopic (exact) mass is 379 g/mol. The van der Waals surface area contributed by atoms with E-state index in [9.17, 15) is 4.79 Å². The van der Waals surface area contributed by atoms with E-state index in [1.54, 1.807) is 10.9 Å². The van der Waals surface area contributed by atoms with Crippen LogP contribution in [0.25, 0.3) is 21.8 Å². The molecule has 0 aliphatic heterocycles. The van der Waals surface area contributed by atoms with Gasteiger partial charge in [-0.3, -0.25) is 4.79 Å². The zero-order valence-electron chi connectivity index (χ0n) is 15.5. The van der Waals surface area contributed by atoms with Crippen molar-refractivity contribution in [3.8, 4) is 0 Å². The van der Waals surface area contributed by atoms with E-state index in [-0.39, 0.29) is 11.2 Å². The summed E-state index contributed by atoms with van der Waals surface area (Å²) in [6.45, 7) is 4.92. The van der Waals surface area contributed by atoms with E-state index in [4.69, 9.17) is 0 Å². The molecule has 0 aliphatic rings. The zero-order chi connectivity index (χ0) is 19.0. The van der Waals surface area contributed by atoms with Crippen LogP contribution in [0, 0.1) is 0 Å².